The number of carbonyl (C=O) groups excluding carboxylic acids is 1. The maximum atomic E-state index is 11.3. The van der Waals surface area contributed by atoms with E-state index in [2.05, 4.69) is 0 Å². The zero-order valence-electron chi connectivity index (χ0n) is 8.79. The van der Waals surface area contributed by atoms with Crippen molar-refractivity contribution >= 4 is 11.5 Å². The molecule has 0 fully saturated rings. The highest BCUT2D eigenvalue weighted by Gasteiger charge is 2.17. The Hall–Kier alpha value is -1.51. The normalized spacial score (nSPS) is 17.5. The molecular weight excluding hydrogens is 192 g/mol. The molecular formula is C12H14O3. The SMILES string of the molecule is CCOC(=O)/C=C1/CCCc2occc21. The van der Waals surface area contributed by atoms with Crippen LogP contribution in [0.2, 0.25) is 0 Å². The zero-order chi connectivity index (χ0) is 10.7. The van der Waals surface area contributed by atoms with Gasteiger partial charge in [-0.1, -0.05) is 0 Å². The third-order valence-corrected chi connectivity index (χ3v) is 2.52. The Bertz CT molecular complexity index is 387. The van der Waals surface area contributed by atoms with Crippen molar-refractivity contribution in [3.63, 3.8) is 0 Å². The first-order valence-electron chi connectivity index (χ1n) is 5.25. The summed E-state index contributed by atoms with van der Waals surface area (Å²) in [6.07, 6.45) is 6.17. The molecule has 1 aliphatic carbocycles. The van der Waals surface area contributed by atoms with Gasteiger partial charge in [0.25, 0.3) is 0 Å². The summed E-state index contributed by atoms with van der Waals surface area (Å²) in [5.41, 5.74) is 2.10. The topological polar surface area (TPSA) is 39.4 Å². The molecule has 1 aromatic heterocycles. The molecule has 0 aliphatic heterocycles. The van der Waals surface area contributed by atoms with E-state index in [9.17, 15) is 4.79 Å². The molecule has 0 aromatic carbocycles. The Labute approximate surface area is 88.7 Å². The van der Waals surface area contributed by atoms with Crippen LogP contribution in [0.4, 0.5) is 0 Å². The van der Waals surface area contributed by atoms with Crippen LogP contribution in [0, 0.1) is 0 Å². The number of esters is 1. The Morgan fingerprint density at radius 2 is 2.47 bits per heavy atom. The van der Waals surface area contributed by atoms with Crippen LogP contribution < -0.4 is 0 Å². The summed E-state index contributed by atoms with van der Waals surface area (Å²) in [5.74, 6) is 0.721. The lowest BCUT2D eigenvalue weighted by atomic mass is 9.93. The third kappa shape index (κ3) is 2.12. The average molecular weight is 206 g/mol. The van der Waals surface area contributed by atoms with E-state index in [4.69, 9.17) is 9.15 Å². The van der Waals surface area contributed by atoms with Gasteiger partial charge in [-0.2, -0.15) is 0 Å². The summed E-state index contributed by atoms with van der Waals surface area (Å²) in [5, 5.41) is 0. The average Bonchev–Trinajstić information content (AvgIpc) is 2.67. The Morgan fingerprint density at radius 3 is 3.27 bits per heavy atom. The van der Waals surface area contributed by atoms with E-state index in [-0.39, 0.29) is 5.97 Å². The second kappa shape index (κ2) is 4.34. The molecule has 0 atom stereocenters. The molecule has 0 bridgehead atoms. The van der Waals surface area contributed by atoms with Gasteiger partial charge in [0.05, 0.1) is 12.9 Å². The lowest BCUT2D eigenvalue weighted by Gasteiger charge is -2.13. The van der Waals surface area contributed by atoms with E-state index in [1.807, 2.05) is 6.07 Å². The molecule has 0 saturated heterocycles. The van der Waals surface area contributed by atoms with E-state index in [1.54, 1.807) is 19.3 Å². The van der Waals surface area contributed by atoms with Crippen molar-refractivity contribution in [3.05, 3.63) is 29.7 Å². The largest absolute Gasteiger partial charge is 0.469 e. The van der Waals surface area contributed by atoms with Crippen molar-refractivity contribution in [1.82, 2.24) is 0 Å². The van der Waals surface area contributed by atoms with Crippen molar-refractivity contribution in [1.29, 1.82) is 0 Å². The van der Waals surface area contributed by atoms with Crippen molar-refractivity contribution in [3.8, 4) is 0 Å². The number of hydrogen-bond acceptors (Lipinski definition) is 3. The quantitative estimate of drug-likeness (QED) is 0.551. The van der Waals surface area contributed by atoms with Gasteiger partial charge in [-0.05, 0) is 31.4 Å². The van der Waals surface area contributed by atoms with Gasteiger partial charge in [-0.3, -0.25) is 0 Å². The second-order valence-corrected chi connectivity index (χ2v) is 3.53. The lowest BCUT2D eigenvalue weighted by Crippen LogP contribution is -2.04. The van der Waals surface area contributed by atoms with Gasteiger partial charge in [-0.15, -0.1) is 0 Å². The van der Waals surface area contributed by atoms with E-state index < -0.39 is 0 Å². The standard InChI is InChI=1S/C12H14O3/c1-2-14-12(13)8-9-4-3-5-11-10(9)6-7-15-11/h6-8H,2-5H2,1H3/b9-8-. The predicted octanol–water partition coefficient (Wildman–Crippen LogP) is 2.56. The number of rotatable bonds is 2. The highest BCUT2D eigenvalue weighted by atomic mass is 16.5. The highest BCUT2D eigenvalue weighted by molar-refractivity contribution is 5.91. The first kappa shape index (κ1) is 10.0. The van der Waals surface area contributed by atoms with Crippen LogP contribution in [-0.4, -0.2) is 12.6 Å². The fraction of sp³-hybridized carbons (Fsp3) is 0.417. The molecule has 3 heteroatoms. The van der Waals surface area contributed by atoms with Gasteiger partial charge < -0.3 is 9.15 Å². The summed E-state index contributed by atoms with van der Waals surface area (Å²) in [6.45, 7) is 2.22. The van der Waals surface area contributed by atoms with Gasteiger partial charge in [0, 0.05) is 18.1 Å². The van der Waals surface area contributed by atoms with Gasteiger partial charge in [0.2, 0.25) is 0 Å². The van der Waals surface area contributed by atoms with Crippen molar-refractivity contribution in [2.45, 2.75) is 26.2 Å². The minimum absolute atomic E-state index is 0.262. The van der Waals surface area contributed by atoms with E-state index in [0.717, 1.165) is 36.2 Å². The second-order valence-electron chi connectivity index (χ2n) is 3.53. The molecule has 1 aliphatic rings. The molecule has 0 N–H and O–H groups in total. The third-order valence-electron chi connectivity index (χ3n) is 2.52. The summed E-state index contributed by atoms with van der Waals surface area (Å²) >= 11 is 0. The van der Waals surface area contributed by atoms with Crippen molar-refractivity contribution in [2.24, 2.45) is 0 Å². The fourth-order valence-corrected chi connectivity index (χ4v) is 1.87. The maximum absolute atomic E-state index is 11.3. The number of ether oxygens (including phenoxy) is 1. The molecule has 0 radical (unpaired) electrons. The van der Waals surface area contributed by atoms with Crippen molar-refractivity contribution < 1.29 is 13.9 Å². The molecule has 2 rings (SSSR count). The molecule has 0 saturated carbocycles. The number of hydrogen-bond donors (Lipinski definition) is 0. The van der Waals surface area contributed by atoms with E-state index >= 15 is 0 Å². The minimum Gasteiger partial charge on any atom is -0.469 e. The Balaban J connectivity index is 2.22. The minimum atomic E-state index is -0.262. The molecule has 1 heterocycles. The van der Waals surface area contributed by atoms with Gasteiger partial charge >= 0.3 is 5.97 Å². The van der Waals surface area contributed by atoms with Crippen LogP contribution in [0.3, 0.4) is 0 Å². The Morgan fingerprint density at radius 1 is 1.60 bits per heavy atom. The number of carbonyl (C=O) groups is 1. The van der Waals surface area contributed by atoms with Crippen LogP contribution in [0.1, 0.15) is 31.1 Å². The van der Waals surface area contributed by atoms with Crippen LogP contribution in [0.15, 0.2) is 22.8 Å². The summed E-state index contributed by atoms with van der Waals surface area (Å²) in [4.78, 5) is 11.3. The lowest BCUT2D eigenvalue weighted by molar-refractivity contribution is -0.137. The monoisotopic (exact) mass is 206 g/mol. The fourth-order valence-electron chi connectivity index (χ4n) is 1.87. The molecule has 0 unspecified atom stereocenters. The molecule has 1 aromatic rings. The van der Waals surface area contributed by atoms with E-state index in [0.29, 0.717) is 6.61 Å². The maximum Gasteiger partial charge on any atom is 0.331 e. The zero-order valence-corrected chi connectivity index (χ0v) is 8.79. The van der Waals surface area contributed by atoms with Crippen molar-refractivity contribution in [2.75, 3.05) is 6.61 Å². The molecule has 80 valence electrons. The molecule has 15 heavy (non-hydrogen) atoms. The molecule has 0 spiro atoms. The van der Waals surface area contributed by atoms with Crippen LogP contribution >= 0.6 is 0 Å². The number of allylic oxidation sites excluding steroid dienone is 1. The smallest absolute Gasteiger partial charge is 0.331 e. The summed E-state index contributed by atoms with van der Waals surface area (Å²) in [7, 11) is 0. The number of furan rings is 1. The molecule has 0 amide bonds. The van der Waals surface area contributed by atoms with E-state index in [1.165, 1.54) is 0 Å². The Kier molecular flexibility index (Phi) is 2.90. The van der Waals surface area contributed by atoms with Gasteiger partial charge in [-0.25, -0.2) is 4.79 Å². The number of fused-ring (bicyclic) bond motifs is 1. The first-order chi connectivity index (χ1) is 7.31. The highest BCUT2D eigenvalue weighted by Crippen LogP contribution is 2.31. The number of aryl methyl sites for hydroxylation is 1. The van der Waals surface area contributed by atoms with Crippen LogP contribution in [0.5, 0.6) is 0 Å². The van der Waals surface area contributed by atoms with Crippen LogP contribution in [-0.2, 0) is 16.0 Å². The van der Waals surface area contributed by atoms with Gasteiger partial charge in [0.1, 0.15) is 5.76 Å². The van der Waals surface area contributed by atoms with Gasteiger partial charge in [0.15, 0.2) is 0 Å². The summed E-state index contributed by atoms with van der Waals surface area (Å²) < 4.78 is 10.2. The predicted molar refractivity (Wildman–Crippen MR) is 56.3 cm³/mol. The first-order valence-corrected chi connectivity index (χ1v) is 5.25. The molecule has 3 nitrogen and oxygen atoms in total. The summed E-state index contributed by atoms with van der Waals surface area (Å²) in [6, 6.07) is 1.92. The van der Waals surface area contributed by atoms with Crippen LogP contribution in [0.25, 0.3) is 5.57 Å².